The standard InChI is InChI=1S/C8H9.C4H6O7S.K/c1-2-8-6-4-3-5-7-8;5-3(6)1-2(4(7)8)12(9,10)11;/h3-6H,2H2,1H3;2H,1H2,(H,5,6)(H,7,8)(H,9,10,11);/q-1;;+1. The minimum absolute atomic E-state index is 0. The van der Waals surface area contributed by atoms with Gasteiger partial charge in [-0.3, -0.25) is 14.1 Å². The van der Waals surface area contributed by atoms with Gasteiger partial charge in [0.05, 0.1) is 6.42 Å². The van der Waals surface area contributed by atoms with Crippen molar-refractivity contribution in [2.24, 2.45) is 0 Å². The van der Waals surface area contributed by atoms with E-state index in [9.17, 15) is 18.0 Å². The fourth-order valence-corrected chi connectivity index (χ4v) is 1.74. The number of hydrogen-bond donors (Lipinski definition) is 3. The van der Waals surface area contributed by atoms with Gasteiger partial charge in [-0.1, -0.05) is 13.3 Å². The van der Waals surface area contributed by atoms with Crippen LogP contribution in [0.2, 0.25) is 0 Å². The fourth-order valence-electron chi connectivity index (χ4n) is 1.13. The summed E-state index contributed by atoms with van der Waals surface area (Å²) in [6.45, 7) is 2.13. The van der Waals surface area contributed by atoms with Gasteiger partial charge in [0.2, 0.25) is 0 Å². The molecule has 0 amide bonds. The molecule has 1 aromatic rings. The predicted octanol–water partition coefficient (Wildman–Crippen LogP) is -2.14. The molecule has 0 saturated heterocycles. The van der Waals surface area contributed by atoms with Crippen molar-refractivity contribution in [2.75, 3.05) is 0 Å². The minimum Gasteiger partial charge on any atom is -0.481 e. The minimum atomic E-state index is -4.84. The van der Waals surface area contributed by atoms with Gasteiger partial charge in [0, 0.05) is 0 Å². The van der Waals surface area contributed by atoms with E-state index in [0.29, 0.717) is 0 Å². The second kappa shape index (κ2) is 11.3. The molecule has 0 spiro atoms. The Balaban J connectivity index is 0. The zero-order valence-electron chi connectivity index (χ0n) is 11.7. The van der Waals surface area contributed by atoms with Crippen LogP contribution in [0.25, 0.3) is 0 Å². The topological polar surface area (TPSA) is 129 Å². The van der Waals surface area contributed by atoms with Crippen LogP contribution >= 0.6 is 0 Å². The maximum Gasteiger partial charge on any atom is 1.00 e. The molecule has 1 unspecified atom stereocenters. The van der Waals surface area contributed by atoms with Crippen molar-refractivity contribution in [3.63, 3.8) is 0 Å². The number of rotatable bonds is 5. The Morgan fingerprint density at radius 3 is 2.05 bits per heavy atom. The van der Waals surface area contributed by atoms with E-state index >= 15 is 0 Å². The fraction of sp³-hybridized carbons (Fsp3) is 0.333. The third-order valence-electron chi connectivity index (χ3n) is 2.15. The molecule has 0 heterocycles. The number of carbonyl (C=O) groups is 2. The third-order valence-corrected chi connectivity index (χ3v) is 3.24. The molecule has 7 nitrogen and oxygen atoms in total. The van der Waals surface area contributed by atoms with Crippen molar-refractivity contribution in [1.82, 2.24) is 0 Å². The zero-order valence-corrected chi connectivity index (χ0v) is 15.6. The Hall–Kier alpha value is -0.294. The van der Waals surface area contributed by atoms with Crippen LogP contribution in [-0.2, 0) is 26.1 Å². The SMILES string of the molecule is CCc1[c-]cccc1.O=C(O)CC(C(=O)O)S(=O)(=O)O.[K+]. The average molecular weight is 342 g/mol. The second-order valence-corrected chi connectivity index (χ2v) is 5.28. The van der Waals surface area contributed by atoms with Crippen LogP contribution in [0.4, 0.5) is 0 Å². The van der Waals surface area contributed by atoms with Gasteiger partial charge in [0.1, 0.15) is 0 Å². The molecule has 0 aliphatic carbocycles. The van der Waals surface area contributed by atoms with Gasteiger partial charge >= 0.3 is 63.3 Å². The first-order valence-corrected chi connectivity index (χ1v) is 7.05. The van der Waals surface area contributed by atoms with Crippen molar-refractivity contribution in [1.29, 1.82) is 0 Å². The van der Waals surface area contributed by atoms with Gasteiger partial charge in [-0.2, -0.15) is 44.3 Å². The zero-order chi connectivity index (χ0) is 15.8. The third kappa shape index (κ3) is 11.0. The van der Waals surface area contributed by atoms with Crippen LogP contribution in [0.1, 0.15) is 18.9 Å². The molecule has 21 heavy (non-hydrogen) atoms. The number of carboxylic acids is 2. The van der Waals surface area contributed by atoms with Gasteiger partial charge in [-0.05, 0) is 0 Å². The van der Waals surface area contributed by atoms with Crippen LogP contribution in [0.3, 0.4) is 0 Å². The largest absolute Gasteiger partial charge is 1.00 e. The number of benzene rings is 1. The van der Waals surface area contributed by atoms with E-state index < -0.39 is 33.7 Å². The first-order valence-electron chi connectivity index (χ1n) is 5.55. The molecule has 0 saturated carbocycles. The monoisotopic (exact) mass is 342 g/mol. The van der Waals surface area contributed by atoms with Crippen molar-refractivity contribution in [3.05, 3.63) is 35.9 Å². The van der Waals surface area contributed by atoms with E-state index in [2.05, 4.69) is 19.1 Å². The molecule has 1 rings (SSSR count). The van der Waals surface area contributed by atoms with Gasteiger partial charge in [0.25, 0.3) is 10.1 Å². The summed E-state index contributed by atoms with van der Waals surface area (Å²) in [7, 11) is -4.84. The summed E-state index contributed by atoms with van der Waals surface area (Å²) in [6, 6.07) is 11.2. The van der Waals surface area contributed by atoms with Gasteiger partial charge in [0.15, 0.2) is 5.25 Å². The number of hydrogen-bond acceptors (Lipinski definition) is 4. The molecular formula is C12H15KO7S. The Bertz CT molecular complexity index is 542. The van der Waals surface area contributed by atoms with Crippen molar-refractivity contribution >= 4 is 22.1 Å². The van der Waals surface area contributed by atoms with E-state index in [1.807, 2.05) is 18.2 Å². The summed E-state index contributed by atoms with van der Waals surface area (Å²) in [5.41, 5.74) is 1.28. The molecule has 0 fully saturated rings. The molecule has 9 heteroatoms. The summed E-state index contributed by atoms with van der Waals surface area (Å²) >= 11 is 0. The summed E-state index contributed by atoms with van der Waals surface area (Å²) in [4.78, 5) is 20.0. The van der Waals surface area contributed by atoms with Gasteiger partial charge < -0.3 is 10.2 Å². The molecule has 0 bridgehead atoms. The molecule has 1 atom stereocenters. The molecule has 0 aromatic heterocycles. The van der Waals surface area contributed by atoms with E-state index in [1.165, 1.54) is 5.56 Å². The van der Waals surface area contributed by atoms with Crippen molar-refractivity contribution < 1.29 is 84.2 Å². The number of aliphatic carboxylic acids is 2. The smallest absolute Gasteiger partial charge is 0.481 e. The summed E-state index contributed by atoms with van der Waals surface area (Å²) < 4.78 is 28.7. The maximum atomic E-state index is 10.2. The summed E-state index contributed by atoms with van der Waals surface area (Å²) in [5, 5.41) is 13.9. The number of carboxylic acid groups (broad SMARTS) is 2. The van der Waals surface area contributed by atoms with Crippen molar-refractivity contribution in [3.8, 4) is 0 Å². The Morgan fingerprint density at radius 1 is 1.29 bits per heavy atom. The number of aryl methyl sites for hydroxylation is 1. The molecule has 0 aliphatic rings. The van der Waals surface area contributed by atoms with Crippen LogP contribution in [0.5, 0.6) is 0 Å². The molecular weight excluding hydrogens is 327 g/mol. The summed E-state index contributed by atoms with van der Waals surface area (Å²) in [6.07, 6.45) is -0.0744. The van der Waals surface area contributed by atoms with Crippen LogP contribution < -0.4 is 51.4 Å². The molecule has 1 aromatic carbocycles. The average Bonchev–Trinajstić information content (AvgIpc) is 2.36. The Labute approximate surface area is 165 Å². The van der Waals surface area contributed by atoms with E-state index in [1.54, 1.807) is 0 Å². The van der Waals surface area contributed by atoms with Gasteiger partial charge in [-0.15, -0.1) is 0 Å². The molecule has 3 N–H and O–H groups in total. The maximum absolute atomic E-state index is 10.2. The predicted molar refractivity (Wildman–Crippen MR) is 69.9 cm³/mol. The summed E-state index contributed by atoms with van der Waals surface area (Å²) in [5.74, 6) is -3.50. The quantitative estimate of drug-likeness (QED) is 0.316. The molecule has 0 aliphatic heterocycles. The first-order chi connectivity index (χ1) is 9.18. The van der Waals surface area contributed by atoms with E-state index in [0.717, 1.165) is 6.42 Å². The Morgan fingerprint density at radius 2 is 1.86 bits per heavy atom. The van der Waals surface area contributed by atoms with E-state index in [-0.39, 0.29) is 51.4 Å². The second-order valence-electron chi connectivity index (χ2n) is 3.68. The van der Waals surface area contributed by atoms with Crippen LogP contribution in [0, 0.1) is 6.07 Å². The normalized spacial score (nSPS) is 11.3. The van der Waals surface area contributed by atoms with Gasteiger partial charge in [-0.25, -0.2) is 0 Å². The molecule has 0 radical (unpaired) electrons. The van der Waals surface area contributed by atoms with Crippen LogP contribution in [-0.4, -0.2) is 40.4 Å². The Kier molecular flexibility index (Phi) is 12.4. The first kappa shape index (κ1) is 23.0. The molecule has 112 valence electrons. The van der Waals surface area contributed by atoms with Crippen molar-refractivity contribution in [2.45, 2.75) is 25.0 Å². The van der Waals surface area contributed by atoms with Crippen LogP contribution in [0.15, 0.2) is 24.3 Å². The van der Waals surface area contributed by atoms with E-state index in [4.69, 9.17) is 14.8 Å².